The summed E-state index contributed by atoms with van der Waals surface area (Å²) in [6.45, 7) is 5.08. The third-order valence-electron chi connectivity index (χ3n) is 6.24. The molecule has 5 rings (SSSR count). The number of nitrogens with one attached hydrogen (secondary N) is 1. The first-order valence-electron chi connectivity index (χ1n) is 11.5. The Morgan fingerprint density at radius 3 is 2.39 bits per heavy atom. The summed E-state index contributed by atoms with van der Waals surface area (Å²) in [5.41, 5.74) is 8.26. The molecule has 3 heterocycles. The van der Waals surface area contributed by atoms with E-state index in [1.807, 2.05) is 30.7 Å². The number of anilines is 2. The number of aromatic nitrogens is 1. The molecule has 166 valence electrons. The number of piperazine rings is 1. The highest BCUT2D eigenvalue weighted by molar-refractivity contribution is 5.93. The topological polar surface area (TPSA) is 43.8 Å². The fourth-order valence-corrected chi connectivity index (χ4v) is 4.19. The van der Waals surface area contributed by atoms with Crippen molar-refractivity contribution in [3.8, 4) is 0 Å². The predicted molar refractivity (Wildman–Crippen MR) is 140 cm³/mol. The van der Waals surface area contributed by atoms with Crippen molar-refractivity contribution in [3.05, 3.63) is 95.4 Å². The van der Waals surface area contributed by atoms with Crippen molar-refractivity contribution < 1.29 is 0 Å². The Balaban J connectivity index is 1.30. The summed E-state index contributed by atoms with van der Waals surface area (Å²) < 4.78 is 0. The van der Waals surface area contributed by atoms with Crippen LogP contribution in [0.25, 0.3) is 17.7 Å². The van der Waals surface area contributed by atoms with Crippen molar-refractivity contribution in [3.63, 3.8) is 0 Å². The van der Waals surface area contributed by atoms with Gasteiger partial charge in [-0.1, -0.05) is 24.3 Å². The molecule has 0 amide bonds. The second-order valence-electron chi connectivity index (χ2n) is 8.58. The Bertz CT molecular complexity index is 1170. The standard InChI is InChI=1S/C28H29N5/c1-32-14-16-33(17-15-32)27-8-6-26(7-9-27)31-21-25-20-30-19-24-5-4-23(18-28(24)25)3-2-22-10-12-29-13-11-22/h2-13,18-19,21,31H,14-17,20H2,1H3. The maximum absolute atomic E-state index is 4.55. The normalized spacial score (nSPS) is 17.5. The number of benzene rings is 2. The van der Waals surface area contributed by atoms with Gasteiger partial charge in [-0.2, -0.15) is 0 Å². The van der Waals surface area contributed by atoms with Crippen LogP contribution in [0.5, 0.6) is 0 Å². The van der Waals surface area contributed by atoms with Gasteiger partial charge >= 0.3 is 0 Å². The molecule has 0 atom stereocenters. The molecule has 0 bridgehead atoms. The maximum Gasteiger partial charge on any atom is 0.0660 e. The Hall–Kier alpha value is -3.70. The molecule has 2 aliphatic rings. The number of hydrogen-bond donors (Lipinski definition) is 1. The van der Waals surface area contributed by atoms with Gasteiger partial charge in [0, 0.05) is 62.4 Å². The number of pyridine rings is 1. The quantitative estimate of drug-likeness (QED) is 0.620. The van der Waals surface area contributed by atoms with Gasteiger partial charge in [0.15, 0.2) is 0 Å². The van der Waals surface area contributed by atoms with E-state index in [1.54, 1.807) is 0 Å². The molecular weight excluding hydrogens is 406 g/mol. The zero-order chi connectivity index (χ0) is 22.5. The van der Waals surface area contributed by atoms with Crippen molar-refractivity contribution in [2.24, 2.45) is 4.99 Å². The van der Waals surface area contributed by atoms with Crippen molar-refractivity contribution in [2.45, 2.75) is 0 Å². The first-order valence-corrected chi connectivity index (χ1v) is 11.5. The maximum atomic E-state index is 4.55. The molecule has 0 saturated carbocycles. The minimum atomic E-state index is 0.677. The number of hydrogen-bond acceptors (Lipinski definition) is 5. The number of fused-ring (bicyclic) bond motifs is 1. The summed E-state index contributed by atoms with van der Waals surface area (Å²) in [5, 5.41) is 3.48. The number of likely N-dealkylation sites (N-methyl/N-ethyl adjacent to an activating group) is 1. The van der Waals surface area contributed by atoms with Crippen LogP contribution in [0.1, 0.15) is 22.3 Å². The van der Waals surface area contributed by atoms with Gasteiger partial charge in [-0.25, -0.2) is 0 Å². The highest BCUT2D eigenvalue weighted by atomic mass is 15.2. The minimum Gasteiger partial charge on any atom is -0.369 e. The van der Waals surface area contributed by atoms with E-state index in [0.29, 0.717) is 6.54 Å². The van der Waals surface area contributed by atoms with E-state index in [4.69, 9.17) is 0 Å². The van der Waals surface area contributed by atoms with Crippen LogP contribution in [0.2, 0.25) is 0 Å². The van der Waals surface area contributed by atoms with Crippen molar-refractivity contribution in [1.29, 1.82) is 0 Å². The van der Waals surface area contributed by atoms with Gasteiger partial charge in [0.05, 0.1) is 6.54 Å². The van der Waals surface area contributed by atoms with Crippen molar-refractivity contribution in [1.82, 2.24) is 9.88 Å². The molecule has 1 fully saturated rings. The summed E-state index contributed by atoms with van der Waals surface area (Å²) in [6, 6.07) is 19.3. The number of aliphatic imine (C=N–C) groups is 1. The zero-order valence-corrected chi connectivity index (χ0v) is 19.0. The van der Waals surface area contributed by atoms with Gasteiger partial charge in [0.25, 0.3) is 0 Å². The number of nitrogens with zero attached hydrogens (tertiary/aromatic N) is 4. The predicted octanol–water partition coefficient (Wildman–Crippen LogP) is 4.89. The van der Waals surface area contributed by atoms with Crippen LogP contribution >= 0.6 is 0 Å². The second kappa shape index (κ2) is 9.84. The van der Waals surface area contributed by atoms with Gasteiger partial charge in [0.1, 0.15) is 0 Å². The Kier molecular flexibility index (Phi) is 6.31. The van der Waals surface area contributed by atoms with Crippen LogP contribution in [0.3, 0.4) is 0 Å². The van der Waals surface area contributed by atoms with Crippen LogP contribution < -0.4 is 10.2 Å². The highest BCUT2D eigenvalue weighted by Gasteiger charge is 2.14. The number of rotatable bonds is 5. The molecule has 1 saturated heterocycles. The summed E-state index contributed by atoms with van der Waals surface area (Å²) in [4.78, 5) is 13.5. The second-order valence-corrected chi connectivity index (χ2v) is 8.58. The zero-order valence-electron chi connectivity index (χ0n) is 19.0. The van der Waals surface area contributed by atoms with Crippen LogP contribution in [0.15, 0.2) is 78.2 Å². The van der Waals surface area contributed by atoms with Gasteiger partial charge in [-0.05, 0) is 77.3 Å². The van der Waals surface area contributed by atoms with Crippen LogP contribution in [0, 0.1) is 0 Å². The van der Waals surface area contributed by atoms with Gasteiger partial charge < -0.3 is 15.1 Å². The SMILES string of the molecule is CN1CCN(c2ccc(NC=C3CN=Cc4ccc(C=Cc5ccncc5)cc43)cc2)CC1. The lowest BCUT2D eigenvalue weighted by Crippen LogP contribution is -2.44. The largest absolute Gasteiger partial charge is 0.369 e. The highest BCUT2D eigenvalue weighted by Crippen LogP contribution is 2.26. The third-order valence-corrected chi connectivity index (χ3v) is 6.24. The molecule has 5 heteroatoms. The average molecular weight is 436 g/mol. The van der Waals surface area contributed by atoms with Crippen LogP contribution in [-0.2, 0) is 0 Å². The van der Waals surface area contributed by atoms with E-state index in [-0.39, 0.29) is 0 Å². The van der Waals surface area contributed by atoms with Gasteiger partial charge in [-0.15, -0.1) is 0 Å². The van der Waals surface area contributed by atoms with Crippen molar-refractivity contribution >= 4 is 35.3 Å². The van der Waals surface area contributed by atoms with Crippen LogP contribution in [0.4, 0.5) is 11.4 Å². The third kappa shape index (κ3) is 5.21. The Morgan fingerprint density at radius 1 is 0.848 bits per heavy atom. The molecule has 1 aromatic heterocycles. The molecule has 1 N–H and O–H groups in total. The van der Waals surface area contributed by atoms with E-state index in [0.717, 1.165) is 43.0 Å². The molecule has 2 aromatic carbocycles. The van der Waals surface area contributed by atoms with E-state index in [2.05, 4.69) is 93.0 Å². The monoisotopic (exact) mass is 435 g/mol. The first kappa shape index (κ1) is 21.2. The van der Waals surface area contributed by atoms with Crippen molar-refractivity contribution in [2.75, 3.05) is 50.0 Å². The molecule has 3 aromatic rings. The fraction of sp³-hybridized carbons (Fsp3) is 0.214. The van der Waals surface area contributed by atoms with Gasteiger partial charge in [0.2, 0.25) is 0 Å². The molecule has 0 radical (unpaired) electrons. The first-order chi connectivity index (χ1) is 16.2. The Morgan fingerprint density at radius 2 is 1.61 bits per heavy atom. The van der Waals surface area contributed by atoms with Gasteiger partial charge in [-0.3, -0.25) is 9.98 Å². The van der Waals surface area contributed by atoms with E-state index in [1.165, 1.54) is 22.4 Å². The van der Waals surface area contributed by atoms with Crippen LogP contribution in [-0.4, -0.2) is 55.9 Å². The lowest BCUT2D eigenvalue weighted by Gasteiger charge is -2.34. The summed E-state index contributed by atoms with van der Waals surface area (Å²) in [6.07, 6.45) is 11.9. The molecule has 5 nitrogen and oxygen atoms in total. The molecule has 2 aliphatic heterocycles. The summed E-state index contributed by atoms with van der Waals surface area (Å²) in [5.74, 6) is 0. The average Bonchev–Trinajstić information content (AvgIpc) is 2.87. The molecule has 33 heavy (non-hydrogen) atoms. The minimum absolute atomic E-state index is 0.677. The van der Waals surface area contributed by atoms with E-state index in [9.17, 15) is 0 Å². The lowest BCUT2D eigenvalue weighted by atomic mass is 9.96. The lowest BCUT2D eigenvalue weighted by molar-refractivity contribution is 0.313. The summed E-state index contributed by atoms with van der Waals surface area (Å²) in [7, 11) is 2.19. The fourth-order valence-electron chi connectivity index (χ4n) is 4.19. The summed E-state index contributed by atoms with van der Waals surface area (Å²) >= 11 is 0. The molecule has 0 unspecified atom stereocenters. The Labute approximate surface area is 195 Å². The van der Waals surface area contributed by atoms with E-state index >= 15 is 0 Å². The molecule has 0 aliphatic carbocycles. The molecule has 0 spiro atoms. The smallest absolute Gasteiger partial charge is 0.0660 e. The van der Waals surface area contributed by atoms with E-state index < -0.39 is 0 Å². The molecular formula is C28H29N5.